The molecule has 0 atom stereocenters. The van der Waals surface area contributed by atoms with Gasteiger partial charge in [-0.1, -0.05) is 11.6 Å². The molecule has 2 aliphatic heterocycles. The maximum absolute atomic E-state index is 13.9. The van der Waals surface area contributed by atoms with Crippen LogP contribution in [-0.2, 0) is 13.1 Å². The monoisotopic (exact) mass is 511 g/mol. The van der Waals surface area contributed by atoms with Crippen LogP contribution < -0.4 is 4.90 Å². The second-order valence-corrected chi connectivity index (χ2v) is 12.0. The molecule has 0 radical (unpaired) electrons. The van der Waals surface area contributed by atoms with Crippen LogP contribution in [-0.4, -0.2) is 54.2 Å². The van der Waals surface area contributed by atoms with E-state index in [-0.39, 0.29) is 18.3 Å². The highest BCUT2D eigenvalue weighted by atomic mass is 35.5. The Balaban J connectivity index is 1.15. The number of aryl methyl sites for hydroxylation is 1. The van der Waals surface area contributed by atoms with E-state index >= 15 is 0 Å². The minimum Gasteiger partial charge on any atom is -0.354 e. The standard InChI is InChI=1S/C26H28ClF2N7/c1-16-22(31-6-5-30-16)34-14-25(15-34)8-18(9-25)23-33-32-21-11-35(24(2)12-26(28,29)13-24)10-17-7-19(27)3-4-20(17)36(21)23/h3-7,18H,8-15H2,1-2H3. The predicted octanol–water partition coefficient (Wildman–Crippen LogP) is 4.91. The van der Waals surface area contributed by atoms with Crippen LogP contribution in [0.25, 0.3) is 5.69 Å². The summed E-state index contributed by atoms with van der Waals surface area (Å²) in [6, 6.07) is 5.86. The molecular weight excluding hydrogens is 484 g/mol. The molecule has 0 bridgehead atoms. The molecular formula is C26H28ClF2N7. The Bertz CT molecular complexity index is 1350. The smallest absolute Gasteiger partial charge is 0.251 e. The van der Waals surface area contributed by atoms with E-state index < -0.39 is 11.5 Å². The molecule has 2 aliphatic carbocycles. The van der Waals surface area contributed by atoms with Gasteiger partial charge in [-0.3, -0.25) is 14.5 Å². The van der Waals surface area contributed by atoms with Crippen LogP contribution in [0.2, 0.25) is 5.02 Å². The molecule has 0 amide bonds. The van der Waals surface area contributed by atoms with E-state index in [0.29, 0.717) is 24.0 Å². The highest BCUT2D eigenvalue weighted by Crippen LogP contribution is 2.57. The topological polar surface area (TPSA) is 63.0 Å². The predicted molar refractivity (Wildman–Crippen MR) is 132 cm³/mol. The molecule has 10 heteroatoms. The molecule has 3 aromatic rings. The Morgan fingerprint density at radius 1 is 1.03 bits per heavy atom. The Hall–Kier alpha value is -2.65. The fraction of sp³-hybridized carbons (Fsp3) is 0.538. The van der Waals surface area contributed by atoms with E-state index in [2.05, 4.69) is 34.5 Å². The van der Waals surface area contributed by atoms with Crippen molar-refractivity contribution in [2.75, 3.05) is 18.0 Å². The molecule has 36 heavy (non-hydrogen) atoms. The minimum absolute atomic E-state index is 0.135. The molecule has 1 aromatic carbocycles. The van der Waals surface area contributed by atoms with Crippen LogP contribution in [0.1, 0.15) is 61.4 Å². The lowest BCUT2D eigenvalue weighted by Gasteiger charge is -2.59. The second-order valence-electron chi connectivity index (χ2n) is 11.6. The lowest BCUT2D eigenvalue weighted by molar-refractivity contribution is -0.173. The zero-order chi connectivity index (χ0) is 24.9. The molecule has 2 aromatic heterocycles. The van der Waals surface area contributed by atoms with Crippen molar-refractivity contribution in [2.45, 2.75) is 70.0 Å². The first-order valence-corrected chi connectivity index (χ1v) is 12.9. The molecule has 4 aliphatic rings. The number of hydrogen-bond acceptors (Lipinski definition) is 6. The van der Waals surface area contributed by atoms with Crippen molar-refractivity contribution >= 4 is 17.4 Å². The molecule has 0 unspecified atom stereocenters. The van der Waals surface area contributed by atoms with E-state index in [1.807, 2.05) is 32.0 Å². The van der Waals surface area contributed by atoms with Crippen molar-refractivity contribution in [3.63, 3.8) is 0 Å². The summed E-state index contributed by atoms with van der Waals surface area (Å²) in [6.45, 7) is 6.95. The molecule has 4 heterocycles. The minimum atomic E-state index is -2.60. The fourth-order valence-corrected chi connectivity index (χ4v) is 7.20. The molecule has 1 spiro atoms. The maximum atomic E-state index is 13.9. The van der Waals surface area contributed by atoms with Gasteiger partial charge in [0.15, 0.2) is 5.82 Å². The first kappa shape index (κ1) is 22.5. The van der Waals surface area contributed by atoms with Crippen LogP contribution >= 0.6 is 11.6 Å². The molecule has 1 saturated heterocycles. The van der Waals surface area contributed by atoms with Crippen molar-refractivity contribution in [3.8, 4) is 5.69 Å². The van der Waals surface area contributed by atoms with E-state index in [1.54, 1.807) is 12.4 Å². The first-order valence-electron chi connectivity index (χ1n) is 12.5. The number of hydrogen-bond donors (Lipinski definition) is 0. The van der Waals surface area contributed by atoms with Crippen molar-refractivity contribution in [2.24, 2.45) is 5.41 Å². The van der Waals surface area contributed by atoms with Crippen LogP contribution in [0, 0.1) is 12.3 Å². The summed E-state index contributed by atoms with van der Waals surface area (Å²) in [7, 11) is 0. The van der Waals surface area contributed by atoms with Gasteiger partial charge in [0.2, 0.25) is 0 Å². The molecule has 0 N–H and O–H groups in total. The van der Waals surface area contributed by atoms with Gasteiger partial charge in [0.1, 0.15) is 11.6 Å². The van der Waals surface area contributed by atoms with E-state index in [9.17, 15) is 8.78 Å². The van der Waals surface area contributed by atoms with Gasteiger partial charge in [0, 0.05) is 66.8 Å². The lowest BCUT2D eigenvalue weighted by Crippen LogP contribution is -2.62. The second kappa shape index (κ2) is 7.44. The summed E-state index contributed by atoms with van der Waals surface area (Å²) in [5.74, 6) is 0.477. The number of halogens is 3. The van der Waals surface area contributed by atoms with Gasteiger partial charge in [0.25, 0.3) is 5.92 Å². The Morgan fingerprint density at radius 3 is 2.50 bits per heavy atom. The zero-order valence-corrected chi connectivity index (χ0v) is 21.1. The average Bonchev–Trinajstić information content (AvgIpc) is 3.06. The van der Waals surface area contributed by atoms with E-state index in [0.717, 1.165) is 60.3 Å². The summed E-state index contributed by atoms with van der Waals surface area (Å²) in [5.41, 5.74) is 2.71. The number of alkyl halides is 2. The first-order chi connectivity index (χ1) is 17.1. The normalized spacial score (nSPS) is 23.8. The van der Waals surface area contributed by atoms with E-state index in [1.165, 1.54) is 0 Å². The third-order valence-electron chi connectivity index (χ3n) is 8.70. The maximum Gasteiger partial charge on any atom is 0.251 e. The number of fused-ring (bicyclic) bond motifs is 3. The molecule has 3 fully saturated rings. The number of benzene rings is 1. The van der Waals surface area contributed by atoms with Crippen LogP contribution in [0.3, 0.4) is 0 Å². The van der Waals surface area contributed by atoms with Crippen LogP contribution in [0.4, 0.5) is 14.6 Å². The Morgan fingerprint density at radius 2 is 1.78 bits per heavy atom. The number of anilines is 1. The highest BCUT2D eigenvalue weighted by Gasteiger charge is 2.57. The van der Waals surface area contributed by atoms with Crippen molar-refractivity contribution in [1.29, 1.82) is 0 Å². The van der Waals surface area contributed by atoms with Gasteiger partial charge >= 0.3 is 0 Å². The van der Waals surface area contributed by atoms with Crippen LogP contribution in [0.5, 0.6) is 0 Å². The van der Waals surface area contributed by atoms with Gasteiger partial charge in [0.05, 0.1) is 17.9 Å². The SMILES string of the molecule is Cc1nccnc1N1CC2(CC(c3nnc4n3-c3ccc(Cl)cc3CN(C3(C)CC(F)(F)C3)C4)C2)C1. The largest absolute Gasteiger partial charge is 0.354 e. The number of nitrogens with zero attached hydrogens (tertiary/aromatic N) is 7. The van der Waals surface area contributed by atoms with Gasteiger partial charge in [-0.25, -0.2) is 13.8 Å². The summed E-state index contributed by atoms with van der Waals surface area (Å²) < 4.78 is 29.9. The van der Waals surface area contributed by atoms with Crippen molar-refractivity contribution in [3.05, 3.63) is 58.5 Å². The molecule has 188 valence electrons. The fourth-order valence-electron chi connectivity index (χ4n) is 7.01. The Labute approximate surface area is 213 Å². The third kappa shape index (κ3) is 3.39. The third-order valence-corrected chi connectivity index (χ3v) is 8.94. The van der Waals surface area contributed by atoms with Gasteiger partial charge in [-0.2, -0.15) is 0 Å². The summed E-state index contributed by atoms with van der Waals surface area (Å²) in [6.07, 6.45) is 5.32. The zero-order valence-electron chi connectivity index (χ0n) is 20.4. The van der Waals surface area contributed by atoms with Crippen molar-refractivity contribution < 1.29 is 8.78 Å². The summed E-state index contributed by atoms with van der Waals surface area (Å²) >= 11 is 6.37. The average molecular weight is 512 g/mol. The van der Waals surface area contributed by atoms with Crippen molar-refractivity contribution in [1.82, 2.24) is 29.6 Å². The lowest BCUT2D eigenvalue weighted by atomic mass is 9.57. The summed E-state index contributed by atoms with van der Waals surface area (Å²) in [4.78, 5) is 13.3. The summed E-state index contributed by atoms with van der Waals surface area (Å²) in [5, 5.41) is 9.89. The van der Waals surface area contributed by atoms with E-state index in [4.69, 9.17) is 11.6 Å². The quantitative estimate of drug-likeness (QED) is 0.498. The van der Waals surface area contributed by atoms with Gasteiger partial charge in [-0.15, -0.1) is 10.2 Å². The van der Waals surface area contributed by atoms with Gasteiger partial charge in [-0.05, 0) is 50.5 Å². The van der Waals surface area contributed by atoms with Crippen LogP contribution in [0.15, 0.2) is 30.6 Å². The highest BCUT2D eigenvalue weighted by molar-refractivity contribution is 6.30. The molecule has 7 nitrogen and oxygen atoms in total. The molecule has 7 rings (SSSR count). The Kier molecular flexibility index (Phi) is 4.66. The molecule has 2 saturated carbocycles. The number of rotatable bonds is 3. The van der Waals surface area contributed by atoms with Gasteiger partial charge < -0.3 is 4.90 Å². The number of aromatic nitrogens is 5.